The smallest absolute Gasteiger partial charge is 0.410 e. The van der Waals surface area contributed by atoms with Gasteiger partial charge in [0.1, 0.15) is 10.3 Å². The number of carbonyl (C=O) groups excluding carboxylic acids is 1. The van der Waals surface area contributed by atoms with Gasteiger partial charge in [-0.25, -0.2) is 9.00 Å². The Bertz CT molecular complexity index is 319. The lowest BCUT2D eigenvalue weighted by Gasteiger charge is -2.47. The number of amides is 1. The van der Waals surface area contributed by atoms with Crippen LogP contribution in [0.1, 0.15) is 27.2 Å². The maximum absolute atomic E-state index is 11.6. The Balaban J connectivity index is 2.54. The van der Waals surface area contributed by atoms with E-state index in [1.165, 1.54) is 4.90 Å². The Kier molecular flexibility index (Phi) is 4.16. The Morgan fingerprint density at radius 1 is 1.47 bits per heavy atom. The van der Waals surface area contributed by atoms with Gasteiger partial charge >= 0.3 is 6.09 Å². The van der Waals surface area contributed by atoms with Crippen LogP contribution >= 0.6 is 0 Å². The van der Waals surface area contributed by atoms with Gasteiger partial charge in [0.15, 0.2) is 11.1 Å². The minimum Gasteiger partial charge on any atom is -0.444 e. The lowest BCUT2D eigenvalue weighted by molar-refractivity contribution is 0.000667. The molecule has 1 fully saturated rings. The first-order valence-electron chi connectivity index (χ1n) is 5.40. The maximum Gasteiger partial charge on any atom is 0.410 e. The lowest BCUT2D eigenvalue weighted by Crippen LogP contribution is -2.66. The Labute approximate surface area is 103 Å². The van der Waals surface area contributed by atoms with Gasteiger partial charge in [0.2, 0.25) is 0 Å². The molecule has 0 spiro atoms. The second-order valence-electron chi connectivity index (χ2n) is 5.24. The van der Waals surface area contributed by atoms with Crippen molar-refractivity contribution in [2.24, 2.45) is 0 Å². The number of aliphatic hydroxyl groups excluding tert-OH is 1. The highest BCUT2D eigenvalue weighted by Gasteiger charge is 2.50. The SMILES string of the molecule is CC(C)(C)OC(=O)N1CC(CCO)(S(=O)O)C1. The van der Waals surface area contributed by atoms with Gasteiger partial charge in [-0.2, -0.15) is 0 Å². The van der Waals surface area contributed by atoms with Crippen molar-refractivity contribution >= 4 is 17.2 Å². The number of likely N-dealkylation sites (tertiary alicyclic amines) is 1. The monoisotopic (exact) mass is 265 g/mol. The molecule has 100 valence electrons. The lowest BCUT2D eigenvalue weighted by atomic mass is 9.96. The molecule has 2 N–H and O–H groups in total. The predicted octanol–water partition coefficient (Wildman–Crippen LogP) is 0.580. The van der Waals surface area contributed by atoms with Crippen LogP contribution in [-0.2, 0) is 15.8 Å². The molecule has 0 aliphatic carbocycles. The zero-order valence-corrected chi connectivity index (χ0v) is 11.1. The summed E-state index contributed by atoms with van der Waals surface area (Å²) in [7, 11) is 0. The van der Waals surface area contributed by atoms with E-state index in [1.54, 1.807) is 20.8 Å². The molecule has 0 bridgehead atoms. The predicted molar refractivity (Wildman–Crippen MR) is 63.0 cm³/mol. The molecule has 0 radical (unpaired) electrons. The topological polar surface area (TPSA) is 87.1 Å². The van der Waals surface area contributed by atoms with Gasteiger partial charge in [-0.3, -0.25) is 0 Å². The van der Waals surface area contributed by atoms with Crippen LogP contribution in [0.4, 0.5) is 4.79 Å². The maximum atomic E-state index is 11.6. The van der Waals surface area contributed by atoms with E-state index >= 15 is 0 Å². The molecule has 1 amide bonds. The summed E-state index contributed by atoms with van der Waals surface area (Å²) in [5.74, 6) is 0. The summed E-state index contributed by atoms with van der Waals surface area (Å²) < 4.78 is 24.6. The number of carbonyl (C=O) groups is 1. The summed E-state index contributed by atoms with van der Waals surface area (Å²) in [5, 5.41) is 8.85. The van der Waals surface area contributed by atoms with Crippen LogP contribution in [0.2, 0.25) is 0 Å². The van der Waals surface area contributed by atoms with Crippen LogP contribution in [0.25, 0.3) is 0 Å². The third kappa shape index (κ3) is 3.40. The van der Waals surface area contributed by atoms with Crippen molar-refractivity contribution in [1.82, 2.24) is 4.90 Å². The normalized spacial score (nSPS) is 20.6. The molecule has 1 unspecified atom stereocenters. The third-order valence-corrected chi connectivity index (χ3v) is 3.75. The first-order valence-corrected chi connectivity index (χ1v) is 6.51. The molecule has 1 aliphatic heterocycles. The summed E-state index contributed by atoms with van der Waals surface area (Å²) in [5.41, 5.74) is -0.579. The number of ether oxygens (including phenoxy) is 1. The molecule has 6 nitrogen and oxygen atoms in total. The number of hydrogen-bond donors (Lipinski definition) is 2. The standard InChI is InChI=1S/C10H19NO5S/c1-9(2,3)16-8(13)11-6-10(7-11,4-5-12)17(14)15/h12H,4-7H2,1-3H3,(H,14,15). The fourth-order valence-electron chi connectivity index (χ4n) is 1.66. The first-order chi connectivity index (χ1) is 7.70. The van der Waals surface area contributed by atoms with E-state index in [1.807, 2.05) is 0 Å². The molecule has 17 heavy (non-hydrogen) atoms. The summed E-state index contributed by atoms with van der Waals surface area (Å²) >= 11 is -2.05. The highest BCUT2D eigenvalue weighted by atomic mass is 32.2. The number of hydrogen-bond acceptors (Lipinski definition) is 4. The van der Waals surface area contributed by atoms with Crippen LogP contribution < -0.4 is 0 Å². The Hall–Kier alpha value is -0.660. The van der Waals surface area contributed by atoms with E-state index in [2.05, 4.69) is 0 Å². The molecule has 0 aromatic carbocycles. The van der Waals surface area contributed by atoms with Crippen molar-refractivity contribution in [3.63, 3.8) is 0 Å². The van der Waals surface area contributed by atoms with Crippen molar-refractivity contribution < 1.29 is 23.4 Å². The van der Waals surface area contributed by atoms with Gasteiger partial charge in [-0.15, -0.1) is 0 Å². The quantitative estimate of drug-likeness (QED) is 0.729. The Morgan fingerprint density at radius 3 is 2.35 bits per heavy atom. The molecule has 7 heteroatoms. The van der Waals surface area contributed by atoms with Gasteiger partial charge in [0, 0.05) is 19.7 Å². The first kappa shape index (κ1) is 14.4. The van der Waals surface area contributed by atoms with Crippen molar-refractivity contribution in [3.8, 4) is 0 Å². The highest BCUT2D eigenvalue weighted by molar-refractivity contribution is 7.80. The van der Waals surface area contributed by atoms with Gasteiger partial charge in [-0.05, 0) is 27.2 Å². The molecule has 1 atom stereocenters. The van der Waals surface area contributed by atoms with E-state index in [9.17, 15) is 9.00 Å². The number of nitrogens with zero attached hydrogens (tertiary/aromatic N) is 1. The van der Waals surface area contributed by atoms with Crippen molar-refractivity contribution in [1.29, 1.82) is 0 Å². The molecular formula is C10H19NO5S. The summed E-state index contributed by atoms with van der Waals surface area (Å²) in [4.78, 5) is 13.0. The van der Waals surface area contributed by atoms with Crippen molar-refractivity contribution in [2.75, 3.05) is 19.7 Å². The number of rotatable bonds is 3. The van der Waals surface area contributed by atoms with Crippen LogP contribution in [0.15, 0.2) is 0 Å². The second-order valence-corrected chi connectivity index (χ2v) is 6.61. The van der Waals surface area contributed by atoms with E-state index in [0.717, 1.165) is 0 Å². The molecule has 1 saturated heterocycles. The molecule has 0 saturated carbocycles. The van der Waals surface area contributed by atoms with E-state index < -0.39 is 27.5 Å². The molecule has 0 aromatic heterocycles. The van der Waals surface area contributed by atoms with Crippen LogP contribution in [0.5, 0.6) is 0 Å². The number of aliphatic hydroxyl groups is 1. The second kappa shape index (κ2) is 4.91. The van der Waals surface area contributed by atoms with E-state index in [4.69, 9.17) is 14.4 Å². The average molecular weight is 265 g/mol. The highest BCUT2D eigenvalue weighted by Crippen LogP contribution is 2.31. The van der Waals surface area contributed by atoms with Crippen molar-refractivity contribution in [3.05, 3.63) is 0 Å². The fraction of sp³-hybridized carbons (Fsp3) is 0.900. The average Bonchev–Trinajstić information content (AvgIpc) is 2.06. The van der Waals surface area contributed by atoms with Crippen LogP contribution in [-0.4, -0.2) is 54.9 Å². The molecule has 1 rings (SSSR count). The summed E-state index contributed by atoms with van der Waals surface area (Å²) in [6.07, 6.45) is -0.286. The Morgan fingerprint density at radius 2 is 2.00 bits per heavy atom. The van der Waals surface area contributed by atoms with Gasteiger partial charge in [0.05, 0.1) is 0 Å². The summed E-state index contributed by atoms with van der Waals surface area (Å²) in [6.45, 7) is 5.40. The van der Waals surface area contributed by atoms with Gasteiger partial charge in [0.25, 0.3) is 0 Å². The molecule has 0 aromatic rings. The third-order valence-electron chi connectivity index (χ3n) is 2.55. The van der Waals surface area contributed by atoms with Crippen LogP contribution in [0, 0.1) is 0 Å². The molecular weight excluding hydrogens is 246 g/mol. The minimum atomic E-state index is -2.05. The fourth-order valence-corrected chi connectivity index (χ4v) is 2.46. The zero-order valence-electron chi connectivity index (χ0n) is 10.3. The van der Waals surface area contributed by atoms with Gasteiger partial charge < -0.3 is 19.3 Å². The van der Waals surface area contributed by atoms with E-state index in [0.29, 0.717) is 0 Å². The zero-order chi connectivity index (χ0) is 13.3. The van der Waals surface area contributed by atoms with Crippen LogP contribution in [0.3, 0.4) is 0 Å². The largest absolute Gasteiger partial charge is 0.444 e. The molecule has 1 aliphatic rings. The summed E-state index contributed by atoms with van der Waals surface area (Å²) in [6, 6.07) is 0. The molecule has 1 heterocycles. The minimum absolute atomic E-state index is 0.144. The van der Waals surface area contributed by atoms with Gasteiger partial charge in [-0.1, -0.05) is 0 Å². The van der Waals surface area contributed by atoms with Crippen molar-refractivity contribution in [2.45, 2.75) is 37.5 Å². The van der Waals surface area contributed by atoms with E-state index in [-0.39, 0.29) is 26.1 Å².